The number of hydrogen-bond acceptors (Lipinski definition) is 5. The highest BCUT2D eigenvalue weighted by Gasteiger charge is 2.22. The number of aromatic amines is 1. The van der Waals surface area contributed by atoms with Crippen LogP contribution in [0.25, 0.3) is 0 Å². The molecule has 1 fully saturated rings. The van der Waals surface area contributed by atoms with Crippen molar-refractivity contribution in [3.63, 3.8) is 0 Å². The van der Waals surface area contributed by atoms with E-state index in [9.17, 15) is 5.11 Å². The van der Waals surface area contributed by atoms with Gasteiger partial charge in [0, 0.05) is 13.1 Å². The van der Waals surface area contributed by atoms with E-state index in [2.05, 4.69) is 25.4 Å². The first-order valence-corrected chi connectivity index (χ1v) is 6.20. The van der Waals surface area contributed by atoms with E-state index in [0.717, 1.165) is 19.6 Å². The largest absolute Gasteiger partial charge is 0.385 e. The summed E-state index contributed by atoms with van der Waals surface area (Å²) < 4.78 is 0. The van der Waals surface area contributed by atoms with Gasteiger partial charge in [-0.1, -0.05) is 0 Å². The lowest BCUT2D eigenvalue weighted by Crippen LogP contribution is -2.39. The minimum absolute atomic E-state index is 0.538. The number of nitrogens with one attached hydrogen (secondary N) is 2. The lowest BCUT2D eigenvalue weighted by atomic mass is 9.98. The third kappa shape index (κ3) is 2.95. The van der Waals surface area contributed by atoms with E-state index in [1.807, 2.05) is 7.05 Å². The van der Waals surface area contributed by atoms with Crippen molar-refractivity contribution in [2.24, 2.45) is 5.92 Å². The van der Waals surface area contributed by atoms with E-state index >= 15 is 0 Å². The van der Waals surface area contributed by atoms with Gasteiger partial charge in [0.05, 0.1) is 0 Å². The molecule has 0 aromatic carbocycles. The summed E-state index contributed by atoms with van der Waals surface area (Å²) in [6.45, 7) is 4.70. The molecule has 0 bridgehead atoms. The Morgan fingerprint density at radius 3 is 3.12 bits per heavy atom. The maximum absolute atomic E-state index is 9.41. The fourth-order valence-corrected chi connectivity index (χ4v) is 2.30. The Bertz CT molecular complexity index is 349. The van der Waals surface area contributed by atoms with E-state index < -0.39 is 6.10 Å². The first kappa shape index (κ1) is 12.3. The van der Waals surface area contributed by atoms with Gasteiger partial charge in [0.15, 0.2) is 5.82 Å². The third-order valence-electron chi connectivity index (χ3n) is 3.18. The maximum Gasteiger partial charge on any atom is 0.244 e. The molecule has 0 aliphatic carbocycles. The summed E-state index contributed by atoms with van der Waals surface area (Å²) >= 11 is 0. The van der Waals surface area contributed by atoms with Gasteiger partial charge >= 0.3 is 0 Å². The number of hydrogen-bond donors (Lipinski definition) is 3. The first-order chi connectivity index (χ1) is 8.20. The van der Waals surface area contributed by atoms with Crippen molar-refractivity contribution >= 4 is 5.95 Å². The average Bonchev–Trinajstić information content (AvgIpc) is 2.79. The standard InChI is InChI=1S/C11H21N5O/c1-8(17)10-13-11(15-14-10)16-5-3-4-9(7-16)6-12-2/h8-9,12,17H,3-7H2,1-2H3,(H,13,14,15)/t8-,9?/m0/s1. The zero-order valence-electron chi connectivity index (χ0n) is 10.5. The lowest BCUT2D eigenvalue weighted by Gasteiger charge is -2.31. The average molecular weight is 239 g/mol. The second kappa shape index (κ2) is 5.46. The molecule has 6 heteroatoms. The van der Waals surface area contributed by atoms with Crippen LogP contribution in [-0.4, -0.2) is 47.0 Å². The molecule has 2 atom stereocenters. The van der Waals surface area contributed by atoms with Gasteiger partial charge in [-0.25, -0.2) is 0 Å². The predicted octanol–water partition coefficient (Wildman–Crippen LogP) is 0.294. The van der Waals surface area contributed by atoms with Crippen LogP contribution in [0.15, 0.2) is 0 Å². The van der Waals surface area contributed by atoms with Gasteiger partial charge in [-0.2, -0.15) is 4.98 Å². The quantitative estimate of drug-likeness (QED) is 0.704. The van der Waals surface area contributed by atoms with E-state index in [1.54, 1.807) is 6.92 Å². The van der Waals surface area contributed by atoms with Gasteiger partial charge in [-0.05, 0) is 39.3 Å². The molecule has 3 N–H and O–H groups in total. The van der Waals surface area contributed by atoms with Crippen molar-refractivity contribution in [1.82, 2.24) is 20.5 Å². The number of aliphatic hydroxyl groups excluding tert-OH is 1. The topological polar surface area (TPSA) is 77.1 Å². The minimum atomic E-state index is -0.589. The smallest absolute Gasteiger partial charge is 0.244 e. The van der Waals surface area contributed by atoms with Crippen molar-refractivity contribution in [3.05, 3.63) is 5.82 Å². The Labute approximate surface area is 101 Å². The zero-order valence-corrected chi connectivity index (χ0v) is 10.5. The van der Waals surface area contributed by atoms with E-state index in [0.29, 0.717) is 17.7 Å². The van der Waals surface area contributed by atoms with Crippen molar-refractivity contribution < 1.29 is 5.11 Å². The lowest BCUT2D eigenvalue weighted by molar-refractivity contribution is 0.189. The Morgan fingerprint density at radius 1 is 1.65 bits per heavy atom. The Morgan fingerprint density at radius 2 is 2.47 bits per heavy atom. The highest BCUT2D eigenvalue weighted by atomic mass is 16.3. The summed E-state index contributed by atoms with van der Waals surface area (Å²) in [7, 11) is 1.98. The summed E-state index contributed by atoms with van der Waals surface area (Å²) in [6.07, 6.45) is 1.84. The monoisotopic (exact) mass is 239 g/mol. The molecule has 1 unspecified atom stereocenters. The second-order valence-corrected chi connectivity index (χ2v) is 4.71. The summed E-state index contributed by atoms with van der Waals surface area (Å²) in [4.78, 5) is 6.51. The van der Waals surface area contributed by atoms with Crippen LogP contribution in [0.5, 0.6) is 0 Å². The number of piperidine rings is 1. The highest BCUT2D eigenvalue weighted by Crippen LogP contribution is 2.20. The zero-order chi connectivity index (χ0) is 12.3. The van der Waals surface area contributed by atoms with Crippen LogP contribution in [0.3, 0.4) is 0 Å². The molecule has 2 heterocycles. The van der Waals surface area contributed by atoms with Gasteiger partial charge < -0.3 is 15.3 Å². The maximum atomic E-state index is 9.41. The molecule has 0 radical (unpaired) electrons. The molecular formula is C11H21N5O. The number of aromatic nitrogens is 3. The number of H-pyrrole nitrogens is 1. The van der Waals surface area contributed by atoms with Gasteiger partial charge in [0.2, 0.25) is 5.95 Å². The van der Waals surface area contributed by atoms with Gasteiger partial charge in [0.25, 0.3) is 0 Å². The van der Waals surface area contributed by atoms with Crippen LogP contribution in [0, 0.1) is 5.92 Å². The molecule has 1 saturated heterocycles. The van der Waals surface area contributed by atoms with Crippen molar-refractivity contribution in [2.75, 3.05) is 31.6 Å². The Balaban J connectivity index is 2.00. The Hall–Kier alpha value is -1.14. The molecule has 0 saturated carbocycles. The van der Waals surface area contributed by atoms with Crippen LogP contribution in [0.2, 0.25) is 0 Å². The normalized spacial score (nSPS) is 22.8. The molecule has 1 aromatic rings. The number of nitrogens with zero attached hydrogens (tertiary/aromatic N) is 3. The molecule has 96 valence electrons. The molecule has 2 rings (SSSR count). The minimum Gasteiger partial charge on any atom is -0.385 e. The second-order valence-electron chi connectivity index (χ2n) is 4.71. The van der Waals surface area contributed by atoms with Crippen LogP contribution >= 0.6 is 0 Å². The third-order valence-corrected chi connectivity index (χ3v) is 3.18. The molecule has 6 nitrogen and oxygen atoms in total. The summed E-state index contributed by atoms with van der Waals surface area (Å²) in [5.41, 5.74) is 0. The van der Waals surface area contributed by atoms with Crippen LogP contribution in [0.1, 0.15) is 31.7 Å². The molecule has 0 amide bonds. The summed E-state index contributed by atoms with van der Waals surface area (Å²) in [5.74, 6) is 1.90. The number of rotatable bonds is 4. The molecule has 1 aromatic heterocycles. The highest BCUT2D eigenvalue weighted by molar-refractivity contribution is 5.29. The van der Waals surface area contributed by atoms with E-state index in [-0.39, 0.29) is 0 Å². The SMILES string of the molecule is CNCC1CCCN(c2n[nH]c([C@H](C)O)n2)C1. The van der Waals surface area contributed by atoms with Crippen LogP contribution in [-0.2, 0) is 0 Å². The van der Waals surface area contributed by atoms with Crippen LogP contribution < -0.4 is 10.2 Å². The fourth-order valence-electron chi connectivity index (χ4n) is 2.30. The first-order valence-electron chi connectivity index (χ1n) is 6.20. The van der Waals surface area contributed by atoms with Gasteiger partial charge in [-0.3, -0.25) is 5.10 Å². The Kier molecular flexibility index (Phi) is 3.96. The van der Waals surface area contributed by atoms with E-state index in [4.69, 9.17) is 0 Å². The summed E-state index contributed by atoms with van der Waals surface area (Å²) in [5, 5.41) is 19.6. The number of anilines is 1. The van der Waals surface area contributed by atoms with Crippen LogP contribution in [0.4, 0.5) is 5.95 Å². The van der Waals surface area contributed by atoms with Crippen molar-refractivity contribution in [2.45, 2.75) is 25.9 Å². The molecular weight excluding hydrogens is 218 g/mol. The molecule has 1 aliphatic heterocycles. The molecule has 17 heavy (non-hydrogen) atoms. The predicted molar refractivity (Wildman–Crippen MR) is 65.9 cm³/mol. The van der Waals surface area contributed by atoms with Crippen molar-refractivity contribution in [3.8, 4) is 0 Å². The van der Waals surface area contributed by atoms with Gasteiger partial charge in [0.1, 0.15) is 6.10 Å². The number of aliphatic hydroxyl groups is 1. The van der Waals surface area contributed by atoms with E-state index in [1.165, 1.54) is 12.8 Å². The van der Waals surface area contributed by atoms with Gasteiger partial charge in [-0.15, -0.1) is 5.10 Å². The van der Waals surface area contributed by atoms with Crippen molar-refractivity contribution in [1.29, 1.82) is 0 Å². The molecule has 0 spiro atoms. The molecule has 1 aliphatic rings. The fraction of sp³-hybridized carbons (Fsp3) is 0.818. The summed E-state index contributed by atoms with van der Waals surface area (Å²) in [6, 6.07) is 0.